The third kappa shape index (κ3) is 6.03. The van der Waals surface area contributed by atoms with Crippen LogP contribution in [0.1, 0.15) is 70.2 Å². The normalized spacial score (nSPS) is 19.4. The molecule has 1 aromatic rings. The van der Waals surface area contributed by atoms with Crippen LogP contribution in [0.25, 0.3) is 0 Å². The summed E-state index contributed by atoms with van der Waals surface area (Å²) in [5.41, 5.74) is 1.06. The first-order valence-corrected chi connectivity index (χ1v) is 9.81. The first kappa shape index (κ1) is 19.8. The van der Waals surface area contributed by atoms with Crippen molar-refractivity contribution < 1.29 is 4.52 Å². The van der Waals surface area contributed by atoms with Crippen molar-refractivity contribution in [3.63, 3.8) is 0 Å². The number of nitrogens with one attached hydrogen (secondary N) is 2. The highest BCUT2D eigenvalue weighted by Gasteiger charge is 2.17. The summed E-state index contributed by atoms with van der Waals surface area (Å²) in [5, 5.41) is 10.9. The second-order valence-electron chi connectivity index (χ2n) is 6.96. The van der Waals surface area contributed by atoms with Gasteiger partial charge in [0.25, 0.3) is 0 Å². The molecule has 142 valence electrons. The highest BCUT2D eigenvalue weighted by Crippen LogP contribution is 2.22. The van der Waals surface area contributed by atoms with Crippen LogP contribution in [0.4, 0.5) is 0 Å². The van der Waals surface area contributed by atoms with E-state index >= 15 is 0 Å². The lowest BCUT2D eigenvalue weighted by Gasteiger charge is -2.33. The van der Waals surface area contributed by atoms with Crippen molar-refractivity contribution in [2.45, 2.75) is 71.4 Å². The molecule has 25 heavy (non-hydrogen) atoms. The smallest absolute Gasteiger partial charge is 0.191 e. The monoisotopic (exact) mass is 349 g/mol. The van der Waals surface area contributed by atoms with Gasteiger partial charge >= 0.3 is 0 Å². The molecular weight excluding hydrogens is 314 g/mol. The van der Waals surface area contributed by atoms with Gasteiger partial charge in [-0.25, -0.2) is 0 Å². The molecule has 1 fully saturated rings. The second kappa shape index (κ2) is 10.4. The molecule has 6 heteroatoms. The lowest BCUT2D eigenvalue weighted by molar-refractivity contribution is 0.163. The van der Waals surface area contributed by atoms with Crippen LogP contribution < -0.4 is 10.6 Å². The third-order valence-electron chi connectivity index (χ3n) is 5.27. The topological polar surface area (TPSA) is 65.7 Å². The maximum Gasteiger partial charge on any atom is 0.191 e. The summed E-state index contributed by atoms with van der Waals surface area (Å²) >= 11 is 0. The standard InChI is InChI=1S/C19H35N5O/c1-5-16(6-2)18-13-17(25-23-18)14-22-19(20-4)21-10-12-24-11-8-7-9-15(24)3/h13,15-16H,5-12,14H2,1-4H3,(H2,20,21,22). The lowest BCUT2D eigenvalue weighted by atomic mass is 9.99. The van der Waals surface area contributed by atoms with Crippen LogP contribution in [0.2, 0.25) is 0 Å². The second-order valence-corrected chi connectivity index (χ2v) is 6.96. The Morgan fingerprint density at radius 2 is 2.16 bits per heavy atom. The number of likely N-dealkylation sites (tertiary alicyclic amines) is 1. The number of rotatable bonds is 8. The van der Waals surface area contributed by atoms with Crippen LogP contribution in [0.5, 0.6) is 0 Å². The number of guanidine groups is 1. The number of aromatic nitrogens is 1. The van der Waals surface area contributed by atoms with Gasteiger partial charge in [0.1, 0.15) is 0 Å². The van der Waals surface area contributed by atoms with E-state index in [4.69, 9.17) is 4.52 Å². The molecule has 1 atom stereocenters. The fraction of sp³-hybridized carbons (Fsp3) is 0.789. The van der Waals surface area contributed by atoms with E-state index < -0.39 is 0 Å². The number of hydrogen-bond donors (Lipinski definition) is 2. The zero-order valence-corrected chi connectivity index (χ0v) is 16.3. The number of nitrogens with zero attached hydrogens (tertiary/aromatic N) is 3. The van der Waals surface area contributed by atoms with Crippen LogP contribution >= 0.6 is 0 Å². The van der Waals surface area contributed by atoms with Gasteiger partial charge in [-0.2, -0.15) is 0 Å². The fourth-order valence-corrected chi connectivity index (χ4v) is 3.51. The van der Waals surface area contributed by atoms with Crippen LogP contribution in [0, 0.1) is 0 Å². The van der Waals surface area contributed by atoms with Crippen LogP contribution in [0.15, 0.2) is 15.6 Å². The van der Waals surface area contributed by atoms with Crippen molar-refractivity contribution >= 4 is 5.96 Å². The molecule has 0 aliphatic carbocycles. The molecule has 2 N–H and O–H groups in total. The Hall–Kier alpha value is -1.56. The largest absolute Gasteiger partial charge is 0.359 e. The summed E-state index contributed by atoms with van der Waals surface area (Å²) in [5.74, 6) is 2.15. The molecule has 0 radical (unpaired) electrons. The molecular formula is C19H35N5O. The van der Waals surface area contributed by atoms with E-state index in [1.807, 2.05) is 0 Å². The molecule has 2 rings (SSSR count). The molecule has 0 amide bonds. The number of hydrogen-bond acceptors (Lipinski definition) is 4. The maximum atomic E-state index is 5.45. The fourth-order valence-electron chi connectivity index (χ4n) is 3.51. The van der Waals surface area contributed by atoms with Crippen molar-refractivity contribution in [2.24, 2.45) is 4.99 Å². The molecule has 0 spiro atoms. The molecule has 1 unspecified atom stereocenters. The minimum Gasteiger partial charge on any atom is -0.359 e. The summed E-state index contributed by atoms with van der Waals surface area (Å²) in [6.45, 7) is 10.5. The first-order valence-electron chi connectivity index (χ1n) is 9.81. The van der Waals surface area contributed by atoms with Gasteiger partial charge in [-0.05, 0) is 39.2 Å². The van der Waals surface area contributed by atoms with E-state index in [1.54, 1.807) is 7.05 Å². The SMILES string of the molecule is CCC(CC)c1cc(CNC(=NC)NCCN2CCCCC2C)on1. The summed E-state index contributed by atoms with van der Waals surface area (Å²) in [6, 6.07) is 2.76. The van der Waals surface area contributed by atoms with Crippen molar-refractivity contribution in [1.82, 2.24) is 20.7 Å². The summed E-state index contributed by atoms with van der Waals surface area (Å²) in [4.78, 5) is 6.85. The Morgan fingerprint density at radius 1 is 1.36 bits per heavy atom. The van der Waals surface area contributed by atoms with Crippen LogP contribution in [-0.2, 0) is 6.54 Å². The molecule has 0 aromatic carbocycles. The van der Waals surface area contributed by atoms with Crippen molar-refractivity contribution in [3.05, 3.63) is 17.5 Å². The van der Waals surface area contributed by atoms with Crippen LogP contribution in [0.3, 0.4) is 0 Å². The first-order chi connectivity index (χ1) is 12.2. The minimum atomic E-state index is 0.487. The van der Waals surface area contributed by atoms with E-state index in [0.717, 1.165) is 43.3 Å². The van der Waals surface area contributed by atoms with Gasteiger partial charge in [-0.15, -0.1) is 0 Å². The average Bonchev–Trinajstić information content (AvgIpc) is 3.09. The zero-order chi connectivity index (χ0) is 18.1. The Balaban J connectivity index is 1.73. The molecule has 0 saturated carbocycles. The molecule has 0 bridgehead atoms. The van der Waals surface area contributed by atoms with Gasteiger partial charge in [-0.1, -0.05) is 25.4 Å². The Morgan fingerprint density at radius 3 is 2.84 bits per heavy atom. The predicted octanol–water partition coefficient (Wildman–Crippen LogP) is 3.12. The molecule has 1 aromatic heterocycles. The molecule has 1 saturated heterocycles. The summed E-state index contributed by atoms with van der Waals surface area (Å²) in [6.07, 6.45) is 6.19. The molecule has 6 nitrogen and oxygen atoms in total. The number of aliphatic imine (C=N–C) groups is 1. The van der Waals surface area contributed by atoms with Crippen molar-refractivity contribution in [1.29, 1.82) is 0 Å². The van der Waals surface area contributed by atoms with Gasteiger partial charge < -0.3 is 15.2 Å². The summed E-state index contributed by atoms with van der Waals surface area (Å²) < 4.78 is 5.45. The van der Waals surface area contributed by atoms with Gasteiger partial charge in [0.05, 0.1) is 12.2 Å². The Labute approximate surface area is 152 Å². The predicted molar refractivity (Wildman–Crippen MR) is 103 cm³/mol. The third-order valence-corrected chi connectivity index (χ3v) is 5.27. The molecule has 1 aliphatic heterocycles. The van der Waals surface area contributed by atoms with Gasteiger partial charge in [0.15, 0.2) is 11.7 Å². The van der Waals surface area contributed by atoms with E-state index in [0.29, 0.717) is 18.5 Å². The van der Waals surface area contributed by atoms with Crippen molar-refractivity contribution in [3.8, 4) is 0 Å². The van der Waals surface area contributed by atoms with Gasteiger partial charge in [-0.3, -0.25) is 9.89 Å². The van der Waals surface area contributed by atoms with E-state index in [9.17, 15) is 0 Å². The van der Waals surface area contributed by atoms with E-state index in [-0.39, 0.29) is 0 Å². The highest BCUT2D eigenvalue weighted by atomic mass is 16.5. The van der Waals surface area contributed by atoms with E-state index in [1.165, 1.54) is 25.8 Å². The van der Waals surface area contributed by atoms with Crippen LogP contribution in [-0.4, -0.2) is 48.7 Å². The van der Waals surface area contributed by atoms with E-state index in [2.05, 4.69) is 52.5 Å². The zero-order valence-electron chi connectivity index (χ0n) is 16.3. The molecule has 1 aliphatic rings. The molecule has 2 heterocycles. The number of piperidine rings is 1. The average molecular weight is 350 g/mol. The van der Waals surface area contributed by atoms with Gasteiger partial charge in [0.2, 0.25) is 0 Å². The maximum absolute atomic E-state index is 5.45. The quantitative estimate of drug-likeness (QED) is 0.558. The summed E-state index contributed by atoms with van der Waals surface area (Å²) in [7, 11) is 1.80. The Bertz CT molecular complexity index is 524. The highest BCUT2D eigenvalue weighted by molar-refractivity contribution is 5.79. The van der Waals surface area contributed by atoms with Crippen molar-refractivity contribution in [2.75, 3.05) is 26.7 Å². The Kier molecular flexibility index (Phi) is 8.25. The minimum absolute atomic E-state index is 0.487. The van der Waals surface area contributed by atoms with Gasteiger partial charge in [0, 0.05) is 38.2 Å². The lowest BCUT2D eigenvalue weighted by Crippen LogP contribution is -2.45.